The quantitative estimate of drug-likeness (QED) is 0.784. The highest BCUT2D eigenvalue weighted by atomic mass is 14.9. The van der Waals surface area contributed by atoms with Crippen molar-refractivity contribution in [2.45, 2.75) is 59.4 Å². The summed E-state index contributed by atoms with van der Waals surface area (Å²) in [4.78, 5) is 0. The van der Waals surface area contributed by atoms with Crippen molar-refractivity contribution in [2.75, 3.05) is 5.32 Å². The predicted octanol–water partition coefficient (Wildman–Crippen LogP) is 4.60. The number of hydrogen-bond acceptors (Lipinski definition) is 1. The van der Waals surface area contributed by atoms with Crippen molar-refractivity contribution in [1.82, 2.24) is 0 Å². The Hall–Kier alpha value is -0.980. The summed E-state index contributed by atoms with van der Waals surface area (Å²) in [5.41, 5.74) is 5.51. The fourth-order valence-corrected chi connectivity index (χ4v) is 3.02. The van der Waals surface area contributed by atoms with Crippen molar-refractivity contribution in [3.63, 3.8) is 0 Å². The first kappa shape index (κ1) is 12.5. The Balaban J connectivity index is 2.08. The van der Waals surface area contributed by atoms with Crippen LogP contribution in [-0.2, 0) is 0 Å². The van der Waals surface area contributed by atoms with Gasteiger partial charge in [-0.15, -0.1) is 0 Å². The van der Waals surface area contributed by atoms with Crippen molar-refractivity contribution in [3.05, 3.63) is 28.8 Å². The molecule has 1 heteroatoms. The second-order valence-corrected chi connectivity index (χ2v) is 5.87. The first-order valence-electron chi connectivity index (χ1n) is 6.90. The van der Waals surface area contributed by atoms with Crippen molar-refractivity contribution in [3.8, 4) is 0 Å². The Labute approximate surface area is 106 Å². The summed E-state index contributed by atoms with van der Waals surface area (Å²) >= 11 is 0. The van der Waals surface area contributed by atoms with Gasteiger partial charge in [0, 0.05) is 11.7 Å². The summed E-state index contributed by atoms with van der Waals surface area (Å²) in [6.07, 6.45) is 5.41. The number of rotatable bonds is 2. The molecule has 1 nitrogen and oxygen atoms in total. The van der Waals surface area contributed by atoms with E-state index in [1.165, 1.54) is 48.1 Å². The molecule has 1 aliphatic rings. The van der Waals surface area contributed by atoms with Crippen LogP contribution in [0.15, 0.2) is 12.1 Å². The first-order valence-corrected chi connectivity index (χ1v) is 6.90. The van der Waals surface area contributed by atoms with Crippen molar-refractivity contribution in [2.24, 2.45) is 5.92 Å². The van der Waals surface area contributed by atoms with Crippen molar-refractivity contribution < 1.29 is 0 Å². The minimum absolute atomic E-state index is 0.686. The van der Waals surface area contributed by atoms with Gasteiger partial charge in [-0.1, -0.05) is 24.6 Å². The molecule has 0 heterocycles. The van der Waals surface area contributed by atoms with Crippen LogP contribution in [0, 0.1) is 26.7 Å². The Morgan fingerprint density at radius 3 is 2.00 bits per heavy atom. The zero-order chi connectivity index (χ0) is 12.4. The lowest BCUT2D eigenvalue weighted by atomic mass is 9.87. The van der Waals surface area contributed by atoms with E-state index in [2.05, 4.69) is 45.1 Å². The molecule has 0 amide bonds. The first-order chi connectivity index (χ1) is 8.06. The second kappa shape index (κ2) is 5.12. The molecule has 0 bridgehead atoms. The van der Waals surface area contributed by atoms with Crippen LogP contribution in [0.3, 0.4) is 0 Å². The molecular weight excluding hydrogens is 206 g/mol. The smallest absolute Gasteiger partial charge is 0.0401 e. The van der Waals surface area contributed by atoms with Gasteiger partial charge >= 0.3 is 0 Å². The lowest BCUT2D eigenvalue weighted by molar-refractivity contribution is 0.361. The molecule has 17 heavy (non-hydrogen) atoms. The highest BCUT2D eigenvalue weighted by Gasteiger charge is 2.18. The number of nitrogens with one attached hydrogen (secondary N) is 1. The van der Waals surface area contributed by atoms with Crippen LogP contribution in [-0.4, -0.2) is 6.04 Å². The summed E-state index contributed by atoms with van der Waals surface area (Å²) in [5, 5.41) is 3.77. The van der Waals surface area contributed by atoms with Gasteiger partial charge in [-0.05, 0) is 63.5 Å². The molecule has 1 N–H and O–H groups in total. The number of aryl methyl sites for hydroxylation is 3. The second-order valence-electron chi connectivity index (χ2n) is 5.87. The molecule has 0 spiro atoms. The van der Waals surface area contributed by atoms with Gasteiger partial charge in [0.05, 0.1) is 0 Å². The minimum atomic E-state index is 0.686. The molecule has 0 aromatic heterocycles. The standard InChI is InChI=1S/C16H25N/c1-11-5-7-15(8-6-11)17-16-13(3)9-12(2)10-14(16)4/h9-11,15,17H,5-8H2,1-4H3. The van der Waals surface area contributed by atoms with Gasteiger partial charge in [0.1, 0.15) is 0 Å². The van der Waals surface area contributed by atoms with E-state index in [0.29, 0.717) is 6.04 Å². The highest BCUT2D eigenvalue weighted by Crippen LogP contribution is 2.29. The van der Waals surface area contributed by atoms with Crippen molar-refractivity contribution in [1.29, 1.82) is 0 Å². The third-order valence-electron chi connectivity index (χ3n) is 4.04. The van der Waals surface area contributed by atoms with E-state index in [1.807, 2.05) is 0 Å². The molecular formula is C16H25N. The maximum Gasteiger partial charge on any atom is 0.0401 e. The van der Waals surface area contributed by atoms with E-state index in [-0.39, 0.29) is 0 Å². The molecule has 0 atom stereocenters. The maximum absolute atomic E-state index is 3.77. The number of anilines is 1. The summed E-state index contributed by atoms with van der Waals surface area (Å²) in [7, 11) is 0. The SMILES string of the molecule is Cc1cc(C)c(NC2CCC(C)CC2)c(C)c1. The largest absolute Gasteiger partial charge is 0.382 e. The van der Waals surface area contributed by atoms with Gasteiger partial charge in [-0.2, -0.15) is 0 Å². The van der Waals surface area contributed by atoms with Crippen LogP contribution in [0.25, 0.3) is 0 Å². The van der Waals surface area contributed by atoms with Gasteiger partial charge in [0.25, 0.3) is 0 Å². The Kier molecular flexibility index (Phi) is 3.76. The van der Waals surface area contributed by atoms with E-state index in [0.717, 1.165) is 5.92 Å². The summed E-state index contributed by atoms with van der Waals surface area (Å²) in [5.74, 6) is 0.924. The Morgan fingerprint density at radius 1 is 0.941 bits per heavy atom. The molecule has 0 unspecified atom stereocenters. The molecule has 0 radical (unpaired) electrons. The average molecular weight is 231 g/mol. The normalized spacial score (nSPS) is 24.7. The van der Waals surface area contributed by atoms with E-state index in [4.69, 9.17) is 0 Å². The fraction of sp³-hybridized carbons (Fsp3) is 0.625. The summed E-state index contributed by atoms with van der Waals surface area (Å²) < 4.78 is 0. The molecule has 1 aromatic rings. The Morgan fingerprint density at radius 2 is 1.47 bits per heavy atom. The van der Waals surface area contributed by atoms with Gasteiger partial charge < -0.3 is 5.32 Å². The van der Waals surface area contributed by atoms with Gasteiger partial charge in [0.15, 0.2) is 0 Å². The topological polar surface area (TPSA) is 12.0 Å². The molecule has 1 fully saturated rings. The highest BCUT2D eigenvalue weighted by molar-refractivity contribution is 5.58. The van der Waals surface area contributed by atoms with Crippen LogP contribution in [0.1, 0.15) is 49.3 Å². The van der Waals surface area contributed by atoms with Crippen LogP contribution in [0.5, 0.6) is 0 Å². The summed E-state index contributed by atoms with van der Waals surface area (Å²) in [6.45, 7) is 8.98. The third kappa shape index (κ3) is 3.02. The zero-order valence-corrected chi connectivity index (χ0v) is 11.6. The fourth-order valence-electron chi connectivity index (χ4n) is 3.02. The van der Waals surface area contributed by atoms with E-state index in [9.17, 15) is 0 Å². The molecule has 0 saturated heterocycles. The van der Waals surface area contributed by atoms with E-state index >= 15 is 0 Å². The number of benzene rings is 1. The van der Waals surface area contributed by atoms with Crippen LogP contribution in [0.2, 0.25) is 0 Å². The van der Waals surface area contributed by atoms with Gasteiger partial charge in [-0.3, -0.25) is 0 Å². The Bertz CT molecular complexity index is 364. The zero-order valence-electron chi connectivity index (χ0n) is 11.6. The van der Waals surface area contributed by atoms with E-state index < -0.39 is 0 Å². The monoisotopic (exact) mass is 231 g/mol. The average Bonchev–Trinajstić information content (AvgIpc) is 2.26. The molecule has 1 aliphatic carbocycles. The van der Waals surface area contributed by atoms with Crippen LogP contribution < -0.4 is 5.32 Å². The summed E-state index contributed by atoms with van der Waals surface area (Å²) in [6, 6.07) is 5.24. The molecule has 1 saturated carbocycles. The molecule has 94 valence electrons. The van der Waals surface area contributed by atoms with Crippen LogP contribution in [0.4, 0.5) is 5.69 Å². The third-order valence-corrected chi connectivity index (χ3v) is 4.04. The predicted molar refractivity (Wildman–Crippen MR) is 75.7 cm³/mol. The lowest BCUT2D eigenvalue weighted by Crippen LogP contribution is -2.25. The van der Waals surface area contributed by atoms with Gasteiger partial charge in [-0.25, -0.2) is 0 Å². The van der Waals surface area contributed by atoms with E-state index in [1.54, 1.807) is 0 Å². The molecule has 2 rings (SSSR count). The molecule has 1 aromatic carbocycles. The minimum Gasteiger partial charge on any atom is -0.382 e. The molecule has 0 aliphatic heterocycles. The van der Waals surface area contributed by atoms with Crippen molar-refractivity contribution >= 4 is 5.69 Å². The number of hydrogen-bond donors (Lipinski definition) is 1. The van der Waals surface area contributed by atoms with Gasteiger partial charge in [0.2, 0.25) is 0 Å². The maximum atomic E-state index is 3.77. The van der Waals surface area contributed by atoms with Crippen LogP contribution >= 0.6 is 0 Å². The lowest BCUT2D eigenvalue weighted by Gasteiger charge is -2.29.